The molecule has 1 heterocycles. The molecule has 2 N–H and O–H groups in total. The predicted octanol–water partition coefficient (Wildman–Crippen LogP) is 3.87. The average Bonchev–Trinajstić information content (AvgIpc) is 3.02. The monoisotopic (exact) mass is 478 g/mol. The molecule has 0 unspecified atom stereocenters. The van der Waals surface area contributed by atoms with Crippen molar-refractivity contribution in [3.8, 4) is 5.75 Å². The van der Waals surface area contributed by atoms with E-state index in [1.165, 1.54) is 4.90 Å². The Balaban J connectivity index is 1.33. The van der Waals surface area contributed by atoms with Crippen LogP contribution in [0.5, 0.6) is 5.75 Å². The molecule has 1 saturated heterocycles. The van der Waals surface area contributed by atoms with Crippen molar-refractivity contribution >= 4 is 35.1 Å². The standard InChI is InChI=1S/C26H30N4O5/c1-3-35-21-13-11-20(12-14-21)28-23(32)18-7-9-19(10-8-18)27-22(31)17-30-24(33)26(29(2)25(30)34)15-5-4-6-16-26/h7-14H,3-6,15-17H2,1-2H3,(H,27,31)(H,28,32). The maximum atomic E-state index is 13.0. The Morgan fingerprint density at radius 2 is 1.51 bits per heavy atom. The van der Waals surface area contributed by atoms with E-state index in [1.807, 2.05) is 6.92 Å². The first-order valence-electron chi connectivity index (χ1n) is 11.9. The van der Waals surface area contributed by atoms with Crippen LogP contribution in [0.25, 0.3) is 0 Å². The molecular formula is C26H30N4O5. The summed E-state index contributed by atoms with van der Waals surface area (Å²) in [5.41, 5.74) is 0.708. The summed E-state index contributed by atoms with van der Waals surface area (Å²) in [5.74, 6) is -0.328. The van der Waals surface area contributed by atoms with Crippen molar-refractivity contribution in [3.63, 3.8) is 0 Å². The number of hydrogen-bond donors (Lipinski definition) is 2. The molecule has 1 aliphatic carbocycles. The number of ether oxygens (including phenoxy) is 1. The minimum absolute atomic E-state index is 0.291. The van der Waals surface area contributed by atoms with E-state index in [-0.39, 0.29) is 18.4 Å². The molecule has 9 heteroatoms. The molecule has 1 spiro atoms. The lowest BCUT2D eigenvalue weighted by Gasteiger charge is -2.35. The average molecular weight is 479 g/mol. The van der Waals surface area contributed by atoms with Gasteiger partial charge in [0, 0.05) is 24.0 Å². The molecule has 2 aliphatic rings. The number of anilines is 2. The van der Waals surface area contributed by atoms with Gasteiger partial charge in [0.15, 0.2) is 0 Å². The van der Waals surface area contributed by atoms with E-state index in [4.69, 9.17) is 4.74 Å². The van der Waals surface area contributed by atoms with Crippen LogP contribution in [-0.4, -0.2) is 59.3 Å². The summed E-state index contributed by atoms with van der Waals surface area (Å²) in [4.78, 5) is 53.4. The van der Waals surface area contributed by atoms with E-state index in [0.717, 1.165) is 29.9 Å². The Bertz CT molecular complexity index is 1110. The zero-order valence-electron chi connectivity index (χ0n) is 20.0. The summed E-state index contributed by atoms with van der Waals surface area (Å²) in [6.45, 7) is 2.12. The fourth-order valence-corrected chi connectivity index (χ4v) is 4.72. The first-order chi connectivity index (χ1) is 16.8. The Morgan fingerprint density at radius 3 is 2.14 bits per heavy atom. The lowest BCUT2D eigenvalue weighted by Crippen LogP contribution is -2.49. The van der Waals surface area contributed by atoms with Crippen molar-refractivity contribution < 1.29 is 23.9 Å². The number of carbonyl (C=O) groups is 4. The number of hydrogen-bond acceptors (Lipinski definition) is 5. The maximum absolute atomic E-state index is 13.0. The molecule has 2 aromatic carbocycles. The molecule has 4 rings (SSSR count). The SMILES string of the molecule is CCOc1ccc(NC(=O)c2ccc(NC(=O)CN3C(=O)N(C)C4(CCCCC4)C3=O)cc2)cc1. The molecule has 184 valence electrons. The zero-order valence-corrected chi connectivity index (χ0v) is 20.0. The van der Waals surface area contributed by atoms with Crippen LogP contribution in [0.2, 0.25) is 0 Å². The highest BCUT2D eigenvalue weighted by atomic mass is 16.5. The van der Waals surface area contributed by atoms with Gasteiger partial charge in [-0.15, -0.1) is 0 Å². The highest BCUT2D eigenvalue weighted by molar-refractivity contribution is 6.10. The highest BCUT2D eigenvalue weighted by Crippen LogP contribution is 2.39. The highest BCUT2D eigenvalue weighted by Gasteiger charge is 2.55. The van der Waals surface area contributed by atoms with E-state index in [2.05, 4.69) is 10.6 Å². The van der Waals surface area contributed by atoms with E-state index in [1.54, 1.807) is 55.6 Å². The molecule has 35 heavy (non-hydrogen) atoms. The van der Waals surface area contributed by atoms with Crippen LogP contribution in [-0.2, 0) is 9.59 Å². The quantitative estimate of drug-likeness (QED) is 0.588. The van der Waals surface area contributed by atoms with Gasteiger partial charge in [-0.2, -0.15) is 0 Å². The fraction of sp³-hybridized carbons (Fsp3) is 0.385. The molecule has 2 fully saturated rings. The first-order valence-corrected chi connectivity index (χ1v) is 11.9. The second-order valence-corrected chi connectivity index (χ2v) is 8.86. The van der Waals surface area contributed by atoms with Gasteiger partial charge in [0.2, 0.25) is 5.91 Å². The predicted molar refractivity (Wildman–Crippen MR) is 131 cm³/mol. The number of benzene rings is 2. The molecule has 0 radical (unpaired) electrons. The zero-order chi connectivity index (χ0) is 25.0. The topological polar surface area (TPSA) is 108 Å². The lowest BCUT2D eigenvalue weighted by molar-refractivity contribution is -0.136. The number of carbonyl (C=O) groups excluding carboxylic acids is 4. The van der Waals surface area contributed by atoms with Gasteiger partial charge in [0.1, 0.15) is 17.8 Å². The molecule has 0 bridgehead atoms. The fourth-order valence-electron chi connectivity index (χ4n) is 4.72. The molecule has 0 atom stereocenters. The molecule has 1 aliphatic heterocycles. The van der Waals surface area contributed by atoms with Gasteiger partial charge >= 0.3 is 6.03 Å². The number of imide groups is 1. The van der Waals surface area contributed by atoms with E-state index in [9.17, 15) is 19.2 Å². The van der Waals surface area contributed by atoms with Crippen LogP contribution in [0.1, 0.15) is 49.4 Å². The minimum Gasteiger partial charge on any atom is -0.494 e. The molecule has 0 aromatic heterocycles. The third-order valence-electron chi connectivity index (χ3n) is 6.64. The number of nitrogens with zero attached hydrogens (tertiary/aromatic N) is 2. The van der Waals surface area contributed by atoms with Crippen LogP contribution in [0.15, 0.2) is 48.5 Å². The summed E-state index contributed by atoms with van der Waals surface area (Å²) >= 11 is 0. The summed E-state index contributed by atoms with van der Waals surface area (Å²) in [6.07, 6.45) is 4.09. The molecule has 5 amide bonds. The number of rotatable bonds is 7. The summed E-state index contributed by atoms with van der Waals surface area (Å²) in [7, 11) is 1.64. The van der Waals surface area contributed by atoms with Crippen LogP contribution in [0.4, 0.5) is 16.2 Å². The third-order valence-corrected chi connectivity index (χ3v) is 6.64. The minimum atomic E-state index is -0.812. The normalized spacial score (nSPS) is 17.0. The van der Waals surface area contributed by atoms with E-state index in [0.29, 0.717) is 36.4 Å². The smallest absolute Gasteiger partial charge is 0.327 e. The van der Waals surface area contributed by atoms with Gasteiger partial charge < -0.3 is 20.3 Å². The molecule has 1 saturated carbocycles. The number of urea groups is 1. The van der Waals surface area contributed by atoms with Gasteiger partial charge in [0.25, 0.3) is 11.8 Å². The number of nitrogens with one attached hydrogen (secondary N) is 2. The molecule has 2 aromatic rings. The summed E-state index contributed by atoms with van der Waals surface area (Å²) in [6, 6.07) is 13.0. The second kappa shape index (κ2) is 10.2. The van der Waals surface area contributed by atoms with E-state index >= 15 is 0 Å². The maximum Gasteiger partial charge on any atom is 0.327 e. The van der Waals surface area contributed by atoms with Crippen molar-refractivity contribution in [2.75, 3.05) is 30.8 Å². The number of likely N-dealkylation sites (N-methyl/N-ethyl adjacent to an activating group) is 1. The lowest BCUT2D eigenvalue weighted by atomic mass is 9.81. The Morgan fingerprint density at radius 1 is 0.914 bits per heavy atom. The van der Waals surface area contributed by atoms with Gasteiger partial charge in [0.05, 0.1) is 6.61 Å². The van der Waals surface area contributed by atoms with Crippen LogP contribution in [0.3, 0.4) is 0 Å². The van der Waals surface area contributed by atoms with Crippen molar-refractivity contribution in [2.45, 2.75) is 44.6 Å². The Labute approximate surface area is 204 Å². The second-order valence-electron chi connectivity index (χ2n) is 8.86. The van der Waals surface area contributed by atoms with Gasteiger partial charge in [-0.1, -0.05) is 19.3 Å². The van der Waals surface area contributed by atoms with Crippen LogP contribution < -0.4 is 15.4 Å². The van der Waals surface area contributed by atoms with Crippen LogP contribution >= 0.6 is 0 Å². The largest absolute Gasteiger partial charge is 0.494 e. The van der Waals surface area contributed by atoms with Gasteiger partial charge in [-0.3, -0.25) is 19.3 Å². The van der Waals surface area contributed by atoms with Crippen molar-refractivity contribution in [1.29, 1.82) is 0 Å². The number of amides is 5. The summed E-state index contributed by atoms with van der Waals surface area (Å²) < 4.78 is 5.39. The van der Waals surface area contributed by atoms with Gasteiger partial charge in [-0.05, 0) is 68.3 Å². The van der Waals surface area contributed by atoms with Crippen LogP contribution in [0, 0.1) is 0 Å². The Hall–Kier alpha value is -3.88. The Kier molecular flexibility index (Phi) is 7.04. The molecule has 9 nitrogen and oxygen atoms in total. The first kappa shape index (κ1) is 24.3. The van der Waals surface area contributed by atoms with Crippen molar-refractivity contribution in [2.24, 2.45) is 0 Å². The third kappa shape index (κ3) is 4.99. The molecular weight excluding hydrogens is 448 g/mol. The summed E-state index contributed by atoms with van der Waals surface area (Å²) in [5, 5.41) is 5.51. The van der Waals surface area contributed by atoms with Crippen molar-refractivity contribution in [1.82, 2.24) is 9.80 Å². The van der Waals surface area contributed by atoms with Crippen molar-refractivity contribution in [3.05, 3.63) is 54.1 Å². The van der Waals surface area contributed by atoms with E-state index < -0.39 is 17.5 Å². The van der Waals surface area contributed by atoms with Gasteiger partial charge in [-0.25, -0.2) is 4.79 Å².